The van der Waals surface area contributed by atoms with Crippen LogP contribution in [0.2, 0.25) is 0 Å². The van der Waals surface area contributed by atoms with E-state index < -0.39 is 12.1 Å². The summed E-state index contributed by atoms with van der Waals surface area (Å²) in [4.78, 5) is 37.7. The number of carbonyl (C=O) groups is 3. The van der Waals surface area contributed by atoms with Gasteiger partial charge in [-0.3, -0.25) is 14.5 Å². The number of hydrogen-bond donors (Lipinski definition) is 2. The highest BCUT2D eigenvalue weighted by Gasteiger charge is 2.38. The molecule has 0 spiro atoms. The number of amides is 4. The van der Waals surface area contributed by atoms with Crippen molar-refractivity contribution in [1.29, 1.82) is 0 Å². The maximum Gasteiger partial charge on any atom is 0.325 e. The highest BCUT2D eigenvalue weighted by molar-refractivity contribution is 6.06. The molecule has 6 heteroatoms. The molecule has 1 unspecified atom stereocenters. The quantitative estimate of drug-likeness (QED) is 0.735. The number of nitrogens with one attached hydrogen (secondary N) is 2. The van der Waals surface area contributed by atoms with Gasteiger partial charge in [0.1, 0.15) is 12.6 Å². The van der Waals surface area contributed by atoms with Gasteiger partial charge in [0.05, 0.1) is 0 Å². The standard InChI is InChI=1S/C21H23N3O3/c1-15-7-5-6-10-17(15)11-12-22-19(25)14-24-20(26)18(23-21(24)27)13-16-8-3-2-4-9-16/h2-10,18H,11-14H2,1H3,(H,22,25)(H,23,27). The van der Waals surface area contributed by atoms with Crippen molar-refractivity contribution in [2.45, 2.75) is 25.8 Å². The molecule has 2 aromatic carbocycles. The van der Waals surface area contributed by atoms with Gasteiger partial charge in [-0.05, 0) is 30.0 Å². The van der Waals surface area contributed by atoms with E-state index in [4.69, 9.17) is 0 Å². The van der Waals surface area contributed by atoms with Crippen LogP contribution in [0.1, 0.15) is 16.7 Å². The molecule has 2 aromatic rings. The van der Waals surface area contributed by atoms with E-state index in [0.29, 0.717) is 19.4 Å². The van der Waals surface area contributed by atoms with E-state index in [9.17, 15) is 14.4 Å². The molecule has 0 aromatic heterocycles. The summed E-state index contributed by atoms with van der Waals surface area (Å²) < 4.78 is 0. The first-order valence-electron chi connectivity index (χ1n) is 9.01. The zero-order chi connectivity index (χ0) is 19.2. The summed E-state index contributed by atoms with van der Waals surface area (Å²) in [5, 5.41) is 5.43. The molecule has 1 atom stereocenters. The molecule has 0 aliphatic carbocycles. The lowest BCUT2D eigenvalue weighted by molar-refractivity contribution is -0.132. The smallest absolute Gasteiger partial charge is 0.325 e. The Kier molecular flexibility index (Phi) is 5.86. The van der Waals surface area contributed by atoms with Crippen LogP contribution in [0, 0.1) is 6.92 Å². The van der Waals surface area contributed by atoms with E-state index >= 15 is 0 Å². The Morgan fingerprint density at radius 2 is 1.78 bits per heavy atom. The molecule has 0 bridgehead atoms. The summed E-state index contributed by atoms with van der Waals surface area (Å²) in [7, 11) is 0. The first kappa shape index (κ1) is 18.6. The Bertz CT molecular complexity index is 836. The summed E-state index contributed by atoms with van der Waals surface area (Å²) in [6.45, 7) is 2.22. The number of carbonyl (C=O) groups excluding carboxylic acids is 3. The van der Waals surface area contributed by atoms with Crippen LogP contribution in [0.4, 0.5) is 4.79 Å². The van der Waals surface area contributed by atoms with Crippen molar-refractivity contribution in [3.05, 3.63) is 71.3 Å². The van der Waals surface area contributed by atoms with Gasteiger partial charge in [-0.2, -0.15) is 0 Å². The Morgan fingerprint density at radius 3 is 2.52 bits per heavy atom. The zero-order valence-corrected chi connectivity index (χ0v) is 15.3. The Morgan fingerprint density at radius 1 is 1.07 bits per heavy atom. The molecule has 4 amide bonds. The van der Waals surface area contributed by atoms with Gasteiger partial charge in [-0.25, -0.2) is 4.79 Å². The third kappa shape index (κ3) is 4.73. The molecule has 1 aliphatic heterocycles. The average Bonchev–Trinajstić information content (AvgIpc) is 2.91. The minimum absolute atomic E-state index is 0.260. The maximum absolute atomic E-state index is 12.5. The average molecular weight is 365 g/mol. The lowest BCUT2D eigenvalue weighted by Gasteiger charge is -2.13. The van der Waals surface area contributed by atoms with Crippen LogP contribution in [0.25, 0.3) is 0 Å². The number of nitrogens with zero attached hydrogens (tertiary/aromatic N) is 1. The molecule has 0 radical (unpaired) electrons. The molecule has 3 rings (SSSR count). The lowest BCUT2D eigenvalue weighted by Crippen LogP contribution is -2.41. The molecular weight excluding hydrogens is 342 g/mol. The third-order valence-corrected chi connectivity index (χ3v) is 4.67. The van der Waals surface area contributed by atoms with Crippen LogP contribution in [-0.2, 0) is 22.4 Å². The molecule has 140 valence electrons. The van der Waals surface area contributed by atoms with Crippen LogP contribution >= 0.6 is 0 Å². The molecule has 2 N–H and O–H groups in total. The lowest BCUT2D eigenvalue weighted by atomic mass is 10.1. The minimum Gasteiger partial charge on any atom is -0.354 e. The topological polar surface area (TPSA) is 78.5 Å². The highest BCUT2D eigenvalue weighted by atomic mass is 16.2. The predicted octanol–water partition coefficient (Wildman–Crippen LogP) is 1.82. The van der Waals surface area contributed by atoms with E-state index in [2.05, 4.69) is 10.6 Å². The van der Waals surface area contributed by atoms with E-state index in [0.717, 1.165) is 16.0 Å². The van der Waals surface area contributed by atoms with Crippen molar-refractivity contribution in [3.8, 4) is 0 Å². The summed E-state index contributed by atoms with van der Waals surface area (Å²) in [5.41, 5.74) is 3.29. The van der Waals surface area contributed by atoms with Crippen molar-refractivity contribution in [2.75, 3.05) is 13.1 Å². The summed E-state index contributed by atoms with van der Waals surface area (Å²) >= 11 is 0. The van der Waals surface area contributed by atoms with Crippen LogP contribution in [-0.4, -0.2) is 41.9 Å². The fourth-order valence-electron chi connectivity index (χ4n) is 3.14. The van der Waals surface area contributed by atoms with Crippen LogP contribution < -0.4 is 10.6 Å². The van der Waals surface area contributed by atoms with Gasteiger partial charge in [0.2, 0.25) is 5.91 Å². The predicted molar refractivity (Wildman–Crippen MR) is 102 cm³/mol. The van der Waals surface area contributed by atoms with Gasteiger partial charge in [0, 0.05) is 13.0 Å². The Hall–Kier alpha value is -3.15. The largest absolute Gasteiger partial charge is 0.354 e. The van der Waals surface area contributed by atoms with Crippen LogP contribution in [0.3, 0.4) is 0 Å². The second kappa shape index (κ2) is 8.49. The van der Waals surface area contributed by atoms with E-state index in [1.807, 2.05) is 61.5 Å². The second-order valence-electron chi connectivity index (χ2n) is 6.64. The number of rotatable bonds is 7. The third-order valence-electron chi connectivity index (χ3n) is 4.67. The minimum atomic E-state index is -0.625. The fraction of sp³-hybridized carbons (Fsp3) is 0.286. The molecule has 6 nitrogen and oxygen atoms in total. The SMILES string of the molecule is Cc1ccccc1CCNC(=O)CN1C(=O)NC(Cc2ccccc2)C1=O. The molecule has 1 fully saturated rings. The number of imide groups is 1. The molecular formula is C21H23N3O3. The van der Waals surface area contributed by atoms with Crippen molar-refractivity contribution >= 4 is 17.8 Å². The van der Waals surface area contributed by atoms with Crippen LogP contribution in [0.15, 0.2) is 54.6 Å². The highest BCUT2D eigenvalue weighted by Crippen LogP contribution is 2.12. The molecule has 0 saturated carbocycles. The Balaban J connectivity index is 1.49. The van der Waals surface area contributed by atoms with Gasteiger partial charge in [-0.15, -0.1) is 0 Å². The van der Waals surface area contributed by atoms with Crippen molar-refractivity contribution in [2.24, 2.45) is 0 Å². The number of urea groups is 1. The normalized spacial score (nSPS) is 16.3. The van der Waals surface area contributed by atoms with Gasteiger partial charge >= 0.3 is 6.03 Å². The van der Waals surface area contributed by atoms with E-state index in [1.54, 1.807) is 0 Å². The molecule has 1 saturated heterocycles. The molecule has 1 heterocycles. The second-order valence-corrected chi connectivity index (χ2v) is 6.64. The number of hydrogen-bond acceptors (Lipinski definition) is 3. The van der Waals surface area contributed by atoms with E-state index in [-0.39, 0.29) is 18.4 Å². The Labute approximate surface area is 158 Å². The first-order chi connectivity index (χ1) is 13.0. The summed E-state index contributed by atoms with van der Waals surface area (Å²) in [5.74, 6) is -0.703. The van der Waals surface area contributed by atoms with Gasteiger partial charge in [0.15, 0.2) is 0 Å². The monoisotopic (exact) mass is 365 g/mol. The molecule has 1 aliphatic rings. The number of aryl methyl sites for hydroxylation is 1. The van der Waals surface area contributed by atoms with Crippen molar-refractivity contribution < 1.29 is 14.4 Å². The van der Waals surface area contributed by atoms with Gasteiger partial charge in [-0.1, -0.05) is 54.6 Å². The van der Waals surface area contributed by atoms with Crippen molar-refractivity contribution in [3.63, 3.8) is 0 Å². The zero-order valence-electron chi connectivity index (χ0n) is 15.3. The summed E-state index contributed by atoms with van der Waals surface area (Å²) in [6, 6.07) is 16.3. The number of benzene rings is 2. The first-order valence-corrected chi connectivity index (χ1v) is 9.01. The van der Waals surface area contributed by atoms with E-state index in [1.165, 1.54) is 5.56 Å². The fourth-order valence-corrected chi connectivity index (χ4v) is 3.14. The summed E-state index contributed by atoms with van der Waals surface area (Å²) in [6.07, 6.45) is 1.12. The van der Waals surface area contributed by atoms with Gasteiger partial charge in [0.25, 0.3) is 5.91 Å². The maximum atomic E-state index is 12.5. The molecule has 27 heavy (non-hydrogen) atoms. The van der Waals surface area contributed by atoms with Crippen molar-refractivity contribution in [1.82, 2.24) is 15.5 Å². The van der Waals surface area contributed by atoms with Crippen LogP contribution in [0.5, 0.6) is 0 Å². The van der Waals surface area contributed by atoms with Gasteiger partial charge < -0.3 is 10.6 Å².